The molecule has 34 heavy (non-hydrogen) atoms. The van der Waals surface area contributed by atoms with Gasteiger partial charge in [-0.05, 0) is 62.2 Å². The number of amides is 2. The molecule has 2 amide bonds. The Morgan fingerprint density at radius 2 is 1.94 bits per heavy atom. The van der Waals surface area contributed by atoms with Crippen LogP contribution in [-0.4, -0.2) is 64.7 Å². The molecule has 0 aliphatic carbocycles. The summed E-state index contributed by atoms with van der Waals surface area (Å²) in [5, 5.41) is 15.9. The molecular formula is C23H32ClN7O3. The van der Waals surface area contributed by atoms with Gasteiger partial charge in [-0.3, -0.25) is 4.79 Å². The highest BCUT2D eigenvalue weighted by Crippen LogP contribution is 2.20. The van der Waals surface area contributed by atoms with Crippen LogP contribution >= 0.6 is 11.6 Å². The van der Waals surface area contributed by atoms with E-state index in [4.69, 9.17) is 23.1 Å². The van der Waals surface area contributed by atoms with Gasteiger partial charge in [0, 0.05) is 19.6 Å². The Bertz CT molecular complexity index is 1010. The third kappa shape index (κ3) is 6.94. The molecule has 7 N–H and O–H groups in total. The number of nitrogens with zero attached hydrogens (tertiary/aromatic N) is 3. The molecule has 1 saturated heterocycles. The molecule has 1 fully saturated rings. The van der Waals surface area contributed by atoms with Crippen molar-refractivity contribution in [3.05, 3.63) is 46.2 Å². The molecule has 0 saturated carbocycles. The topological polar surface area (TPSA) is 159 Å². The molecule has 184 valence electrons. The number of rotatable bonds is 9. The summed E-state index contributed by atoms with van der Waals surface area (Å²) < 4.78 is 0. The lowest BCUT2D eigenvalue weighted by Crippen LogP contribution is -2.44. The maximum absolute atomic E-state index is 12.8. The highest BCUT2D eigenvalue weighted by atomic mass is 35.5. The largest absolute Gasteiger partial charge is 0.465 e. The van der Waals surface area contributed by atoms with Gasteiger partial charge in [-0.2, -0.15) is 0 Å². The first kappa shape index (κ1) is 25.5. The fourth-order valence-electron chi connectivity index (χ4n) is 4.20. The van der Waals surface area contributed by atoms with Crippen LogP contribution in [0.2, 0.25) is 5.15 Å². The Kier molecular flexibility index (Phi) is 8.89. The Labute approximate surface area is 204 Å². The van der Waals surface area contributed by atoms with Crippen molar-refractivity contribution in [3.8, 4) is 0 Å². The molecule has 1 aliphatic heterocycles. The number of hydrogen-bond acceptors (Lipinski definition) is 7. The monoisotopic (exact) mass is 489 g/mol. The average Bonchev–Trinajstić information content (AvgIpc) is 2.81. The highest BCUT2D eigenvalue weighted by molar-refractivity contribution is 6.31. The van der Waals surface area contributed by atoms with Gasteiger partial charge >= 0.3 is 6.09 Å². The number of aromatic nitrogens is 2. The van der Waals surface area contributed by atoms with Crippen LogP contribution in [0.15, 0.2) is 24.3 Å². The fraction of sp³-hybridized carbons (Fsp3) is 0.478. The lowest BCUT2D eigenvalue weighted by atomic mass is 9.94. The van der Waals surface area contributed by atoms with Gasteiger partial charge in [0.25, 0.3) is 5.91 Å². The second-order valence-electron chi connectivity index (χ2n) is 8.72. The molecule has 1 aliphatic rings. The Hall–Kier alpha value is -3.11. The number of nitrogens with two attached hydrogens (primary N) is 2. The summed E-state index contributed by atoms with van der Waals surface area (Å²) in [6.07, 6.45) is 1.53. The van der Waals surface area contributed by atoms with Crippen molar-refractivity contribution < 1.29 is 14.7 Å². The molecule has 11 heteroatoms. The number of benzene rings is 1. The molecule has 0 radical (unpaired) electrons. The summed E-state index contributed by atoms with van der Waals surface area (Å²) in [5.41, 5.74) is 13.5. The zero-order chi connectivity index (χ0) is 24.7. The summed E-state index contributed by atoms with van der Waals surface area (Å²) >= 11 is 5.90. The van der Waals surface area contributed by atoms with Gasteiger partial charge in [0.15, 0.2) is 22.5 Å². The quantitative estimate of drug-likeness (QED) is 0.358. The molecule has 1 atom stereocenters. The lowest BCUT2D eigenvalue weighted by molar-refractivity contribution is 0.0934. The maximum atomic E-state index is 12.8. The number of halogens is 1. The maximum Gasteiger partial charge on any atom is 0.407 e. The van der Waals surface area contributed by atoms with Crippen LogP contribution in [-0.2, 0) is 6.42 Å². The summed E-state index contributed by atoms with van der Waals surface area (Å²) in [5.74, 6) is -0.558. The van der Waals surface area contributed by atoms with Crippen LogP contribution in [0, 0.1) is 18.8 Å². The molecule has 1 unspecified atom stereocenters. The minimum atomic E-state index is -0.958. The van der Waals surface area contributed by atoms with Crippen molar-refractivity contribution in [2.45, 2.75) is 26.2 Å². The second kappa shape index (κ2) is 11.8. The second-order valence-corrected chi connectivity index (χ2v) is 9.08. The fourth-order valence-corrected chi connectivity index (χ4v) is 4.33. The summed E-state index contributed by atoms with van der Waals surface area (Å²) in [6.45, 7) is 4.80. The minimum absolute atomic E-state index is 0.0526. The first-order valence-corrected chi connectivity index (χ1v) is 11.7. The Balaban J connectivity index is 1.74. The van der Waals surface area contributed by atoms with Crippen molar-refractivity contribution in [2.24, 2.45) is 11.8 Å². The van der Waals surface area contributed by atoms with E-state index in [1.165, 1.54) is 4.90 Å². The lowest BCUT2D eigenvalue weighted by Gasteiger charge is -2.31. The number of carbonyl (C=O) groups excluding carboxylic acids is 1. The predicted octanol–water partition coefficient (Wildman–Crippen LogP) is 2.17. The van der Waals surface area contributed by atoms with Gasteiger partial charge in [-0.1, -0.05) is 35.9 Å². The minimum Gasteiger partial charge on any atom is -0.465 e. The normalized spacial score (nSPS) is 15.0. The number of piperidine rings is 1. The molecule has 3 rings (SSSR count). The van der Waals surface area contributed by atoms with Crippen LogP contribution < -0.4 is 22.1 Å². The number of hydrogen-bond donors (Lipinski definition) is 5. The van der Waals surface area contributed by atoms with E-state index in [0.717, 1.165) is 37.1 Å². The predicted molar refractivity (Wildman–Crippen MR) is 132 cm³/mol. The molecule has 0 spiro atoms. The van der Waals surface area contributed by atoms with Gasteiger partial charge in [0.2, 0.25) is 0 Å². The third-order valence-corrected chi connectivity index (χ3v) is 6.41. The van der Waals surface area contributed by atoms with E-state index in [2.05, 4.69) is 20.6 Å². The van der Waals surface area contributed by atoms with Gasteiger partial charge in [0.1, 0.15) is 0 Å². The number of carbonyl (C=O) groups is 2. The summed E-state index contributed by atoms with van der Waals surface area (Å²) in [7, 11) is 0. The third-order valence-electron chi connectivity index (χ3n) is 6.13. The molecular weight excluding hydrogens is 458 g/mol. The highest BCUT2D eigenvalue weighted by Gasteiger charge is 2.25. The van der Waals surface area contributed by atoms with E-state index in [0.29, 0.717) is 18.9 Å². The molecule has 1 aromatic carbocycles. The first-order valence-electron chi connectivity index (χ1n) is 11.3. The van der Waals surface area contributed by atoms with Crippen LogP contribution in [0.5, 0.6) is 0 Å². The van der Waals surface area contributed by atoms with E-state index < -0.39 is 12.0 Å². The number of anilines is 2. The molecule has 0 bridgehead atoms. The van der Waals surface area contributed by atoms with E-state index in [-0.39, 0.29) is 41.5 Å². The van der Waals surface area contributed by atoms with Crippen LogP contribution in [0.1, 0.15) is 34.5 Å². The van der Waals surface area contributed by atoms with E-state index in [1.54, 1.807) is 0 Å². The van der Waals surface area contributed by atoms with Gasteiger partial charge in [-0.25, -0.2) is 14.8 Å². The smallest absolute Gasteiger partial charge is 0.407 e. The molecule has 2 heterocycles. The zero-order valence-corrected chi connectivity index (χ0v) is 20.0. The Morgan fingerprint density at radius 1 is 1.24 bits per heavy atom. The van der Waals surface area contributed by atoms with Crippen LogP contribution in [0.25, 0.3) is 0 Å². The van der Waals surface area contributed by atoms with Crippen molar-refractivity contribution in [1.82, 2.24) is 25.5 Å². The standard InChI is InChI=1S/C23H32ClN7O3/c1-14-4-2-3-5-17(14)10-16(13-31(23(33)34)12-15-6-8-27-9-7-15)11-28-22(32)18-20(25)30-21(26)19(24)29-18/h2-5,15-16,27H,6-13H2,1H3,(H,28,32)(H,33,34)(H4,25,26,30). The van der Waals surface area contributed by atoms with Gasteiger partial charge < -0.3 is 32.1 Å². The number of nitrogen functional groups attached to an aromatic ring is 2. The summed E-state index contributed by atoms with van der Waals surface area (Å²) in [6, 6.07) is 7.95. The van der Waals surface area contributed by atoms with Crippen molar-refractivity contribution >= 4 is 35.2 Å². The van der Waals surface area contributed by atoms with Crippen LogP contribution in [0.3, 0.4) is 0 Å². The number of aryl methyl sites for hydroxylation is 1. The van der Waals surface area contributed by atoms with Gasteiger partial charge in [-0.15, -0.1) is 0 Å². The van der Waals surface area contributed by atoms with E-state index in [1.807, 2.05) is 31.2 Å². The average molecular weight is 490 g/mol. The number of carboxylic acid groups (broad SMARTS) is 1. The van der Waals surface area contributed by atoms with Gasteiger partial charge in [0.05, 0.1) is 0 Å². The van der Waals surface area contributed by atoms with E-state index >= 15 is 0 Å². The van der Waals surface area contributed by atoms with E-state index in [9.17, 15) is 14.7 Å². The Morgan fingerprint density at radius 3 is 2.62 bits per heavy atom. The zero-order valence-electron chi connectivity index (χ0n) is 19.3. The van der Waals surface area contributed by atoms with Crippen molar-refractivity contribution in [3.63, 3.8) is 0 Å². The van der Waals surface area contributed by atoms with Crippen molar-refractivity contribution in [1.29, 1.82) is 0 Å². The number of nitrogens with one attached hydrogen (secondary N) is 2. The van der Waals surface area contributed by atoms with Crippen LogP contribution in [0.4, 0.5) is 16.4 Å². The SMILES string of the molecule is Cc1ccccc1CC(CNC(=O)c1nc(Cl)c(N)nc1N)CN(CC1CCNCC1)C(=O)O. The first-order chi connectivity index (χ1) is 16.2. The van der Waals surface area contributed by atoms with Crippen molar-refractivity contribution in [2.75, 3.05) is 44.2 Å². The molecule has 1 aromatic heterocycles. The summed E-state index contributed by atoms with van der Waals surface area (Å²) in [4.78, 5) is 34.1. The molecule has 2 aromatic rings. The molecule has 10 nitrogen and oxygen atoms in total.